The number of benzene rings is 2. The molecule has 4 N–H and O–H groups in total. The van der Waals surface area contributed by atoms with Crippen LogP contribution in [0.15, 0.2) is 60.7 Å². The van der Waals surface area contributed by atoms with Crippen LogP contribution in [0.25, 0.3) is 0 Å². The smallest absolute Gasteiger partial charge is 0.408 e. The first-order chi connectivity index (χ1) is 20.5. The molecule has 0 saturated carbocycles. The van der Waals surface area contributed by atoms with Gasteiger partial charge in [0, 0.05) is 19.4 Å². The standard InChI is InChI=1S/C33H46N4O7/c1-8-37(29(40)24(19-20-26(34)38)36-31(42)44-33(5,6)7)27(23-17-13-10-14-18-23)28(39)35-25(30(41)43-32(2,3)4)21-22-15-11-9-12-16-22/h9-18,24-25,27H,8,19-21H2,1-7H3,(H2,34,38)(H,35,39)(H,36,42). The van der Waals surface area contributed by atoms with E-state index in [1.54, 1.807) is 78.8 Å². The van der Waals surface area contributed by atoms with Crippen molar-refractivity contribution in [3.63, 3.8) is 0 Å². The molecule has 2 aromatic carbocycles. The molecule has 0 heterocycles. The van der Waals surface area contributed by atoms with Gasteiger partial charge < -0.3 is 30.7 Å². The number of carbonyl (C=O) groups is 5. The SMILES string of the molecule is CCN(C(=O)C(CCC(N)=O)NC(=O)OC(C)(C)C)C(C(=O)NC(Cc1ccccc1)C(=O)OC(C)(C)C)c1ccccc1. The molecular formula is C33H46N4O7. The summed E-state index contributed by atoms with van der Waals surface area (Å²) in [5, 5.41) is 5.36. The molecule has 44 heavy (non-hydrogen) atoms. The summed E-state index contributed by atoms with van der Waals surface area (Å²) in [5.74, 6) is -2.53. The molecule has 4 amide bonds. The zero-order valence-corrected chi connectivity index (χ0v) is 26.7. The van der Waals surface area contributed by atoms with Gasteiger partial charge in [0.2, 0.25) is 17.7 Å². The summed E-state index contributed by atoms with van der Waals surface area (Å²) in [5.41, 5.74) is 4.99. The second kappa shape index (κ2) is 15.9. The summed E-state index contributed by atoms with van der Waals surface area (Å²) < 4.78 is 11.0. The van der Waals surface area contributed by atoms with Crippen LogP contribution in [0, 0.1) is 0 Å². The van der Waals surface area contributed by atoms with Gasteiger partial charge in [-0.3, -0.25) is 14.4 Å². The van der Waals surface area contributed by atoms with Crippen LogP contribution in [0.1, 0.15) is 78.5 Å². The molecule has 3 unspecified atom stereocenters. The van der Waals surface area contributed by atoms with Gasteiger partial charge in [-0.1, -0.05) is 60.7 Å². The molecule has 0 aromatic heterocycles. The average Bonchev–Trinajstić information content (AvgIpc) is 2.92. The molecule has 0 aliphatic heterocycles. The third kappa shape index (κ3) is 12.1. The topological polar surface area (TPSA) is 157 Å². The minimum absolute atomic E-state index is 0.0602. The summed E-state index contributed by atoms with van der Waals surface area (Å²) in [6.07, 6.45) is -1.000. The molecule has 240 valence electrons. The zero-order valence-electron chi connectivity index (χ0n) is 26.7. The molecular weight excluding hydrogens is 564 g/mol. The van der Waals surface area contributed by atoms with Crippen molar-refractivity contribution in [1.82, 2.24) is 15.5 Å². The number of likely N-dealkylation sites (N-methyl/N-ethyl adjacent to an activating group) is 1. The zero-order chi connectivity index (χ0) is 33.1. The predicted molar refractivity (Wildman–Crippen MR) is 166 cm³/mol. The van der Waals surface area contributed by atoms with Crippen molar-refractivity contribution in [3.05, 3.63) is 71.8 Å². The van der Waals surface area contributed by atoms with Crippen molar-refractivity contribution >= 4 is 29.8 Å². The van der Waals surface area contributed by atoms with E-state index in [0.717, 1.165) is 5.56 Å². The summed E-state index contributed by atoms with van der Waals surface area (Å²) in [6.45, 7) is 12.0. The van der Waals surface area contributed by atoms with E-state index in [-0.39, 0.29) is 25.8 Å². The number of amides is 4. The van der Waals surface area contributed by atoms with Crippen LogP contribution in [0.4, 0.5) is 4.79 Å². The Balaban J connectivity index is 2.49. The number of alkyl carbamates (subject to hydrolysis) is 1. The van der Waals surface area contributed by atoms with Crippen molar-refractivity contribution in [2.45, 2.75) is 97.1 Å². The second-order valence-electron chi connectivity index (χ2n) is 12.4. The molecule has 0 saturated heterocycles. The molecule has 0 bridgehead atoms. The molecule has 2 rings (SSSR count). The lowest BCUT2D eigenvalue weighted by atomic mass is 10.00. The monoisotopic (exact) mass is 610 g/mol. The van der Waals surface area contributed by atoms with Crippen molar-refractivity contribution in [3.8, 4) is 0 Å². The van der Waals surface area contributed by atoms with Gasteiger partial charge in [0.1, 0.15) is 29.3 Å². The first-order valence-corrected chi connectivity index (χ1v) is 14.7. The van der Waals surface area contributed by atoms with Crippen molar-refractivity contribution in [2.24, 2.45) is 5.73 Å². The highest BCUT2D eigenvalue weighted by Crippen LogP contribution is 2.24. The highest BCUT2D eigenvalue weighted by atomic mass is 16.6. The number of nitrogens with zero attached hydrogens (tertiary/aromatic N) is 1. The molecule has 0 radical (unpaired) electrons. The maximum Gasteiger partial charge on any atom is 0.408 e. The minimum atomic E-state index is -1.22. The fraction of sp³-hybridized carbons (Fsp3) is 0.485. The lowest BCUT2D eigenvalue weighted by Gasteiger charge is -2.34. The fourth-order valence-electron chi connectivity index (χ4n) is 4.43. The summed E-state index contributed by atoms with van der Waals surface area (Å²) in [6, 6.07) is 14.3. The van der Waals surface area contributed by atoms with E-state index in [1.165, 1.54) is 4.90 Å². The lowest BCUT2D eigenvalue weighted by Crippen LogP contribution is -2.55. The number of nitrogens with one attached hydrogen (secondary N) is 2. The Morgan fingerprint density at radius 2 is 1.34 bits per heavy atom. The molecule has 11 heteroatoms. The van der Waals surface area contributed by atoms with Gasteiger partial charge in [0.15, 0.2) is 0 Å². The maximum absolute atomic E-state index is 14.1. The van der Waals surface area contributed by atoms with Crippen molar-refractivity contribution in [2.75, 3.05) is 6.54 Å². The van der Waals surface area contributed by atoms with Gasteiger partial charge in [-0.2, -0.15) is 0 Å². The van der Waals surface area contributed by atoms with Gasteiger partial charge in [-0.05, 0) is 66.0 Å². The highest BCUT2D eigenvalue weighted by molar-refractivity contribution is 5.94. The highest BCUT2D eigenvalue weighted by Gasteiger charge is 2.37. The van der Waals surface area contributed by atoms with E-state index < -0.39 is 59.1 Å². The van der Waals surface area contributed by atoms with Crippen LogP contribution in [0.5, 0.6) is 0 Å². The van der Waals surface area contributed by atoms with E-state index in [1.807, 2.05) is 30.3 Å². The average molecular weight is 611 g/mol. The normalized spacial score (nSPS) is 13.5. The molecule has 0 aliphatic rings. The third-order valence-electron chi connectivity index (χ3n) is 6.26. The molecule has 3 atom stereocenters. The molecule has 0 fully saturated rings. The number of carbonyl (C=O) groups excluding carboxylic acids is 5. The maximum atomic E-state index is 14.1. The van der Waals surface area contributed by atoms with Gasteiger partial charge in [-0.15, -0.1) is 0 Å². The number of esters is 1. The number of primary amides is 1. The van der Waals surface area contributed by atoms with Gasteiger partial charge in [-0.25, -0.2) is 9.59 Å². The lowest BCUT2D eigenvalue weighted by molar-refractivity contribution is -0.159. The number of hydrogen-bond donors (Lipinski definition) is 3. The van der Waals surface area contributed by atoms with Crippen LogP contribution >= 0.6 is 0 Å². The largest absolute Gasteiger partial charge is 0.458 e. The summed E-state index contributed by atoms with van der Waals surface area (Å²) >= 11 is 0. The Morgan fingerprint density at radius 1 is 0.795 bits per heavy atom. The number of nitrogens with two attached hydrogens (primary N) is 1. The summed E-state index contributed by atoms with van der Waals surface area (Å²) in [4.78, 5) is 67.0. The van der Waals surface area contributed by atoms with Crippen molar-refractivity contribution < 1.29 is 33.4 Å². The number of ether oxygens (including phenoxy) is 2. The molecule has 11 nitrogen and oxygen atoms in total. The van der Waals surface area contributed by atoms with Crippen LogP contribution in [0.2, 0.25) is 0 Å². The summed E-state index contributed by atoms with van der Waals surface area (Å²) in [7, 11) is 0. The van der Waals surface area contributed by atoms with Crippen LogP contribution in [-0.4, -0.2) is 64.5 Å². The Hall–Kier alpha value is -4.41. The van der Waals surface area contributed by atoms with Crippen LogP contribution in [-0.2, 0) is 35.1 Å². The Bertz CT molecular complexity index is 1270. The molecule has 0 spiro atoms. The van der Waals surface area contributed by atoms with E-state index in [4.69, 9.17) is 15.2 Å². The van der Waals surface area contributed by atoms with E-state index >= 15 is 0 Å². The number of rotatable bonds is 13. The van der Waals surface area contributed by atoms with Gasteiger partial charge >= 0.3 is 12.1 Å². The predicted octanol–water partition coefficient (Wildman–Crippen LogP) is 3.80. The first kappa shape index (κ1) is 35.8. The van der Waals surface area contributed by atoms with E-state index in [9.17, 15) is 24.0 Å². The van der Waals surface area contributed by atoms with E-state index in [0.29, 0.717) is 5.56 Å². The van der Waals surface area contributed by atoms with Gasteiger partial charge in [0.25, 0.3) is 0 Å². The van der Waals surface area contributed by atoms with E-state index in [2.05, 4.69) is 10.6 Å². The molecule has 2 aromatic rings. The van der Waals surface area contributed by atoms with Crippen LogP contribution in [0.3, 0.4) is 0 Å². The number of hydrogen-bond acceptors (Lipinski definition) is 7. The Labute approximate surface area is 259 Å². The third-order valence-corrected chi connectivity index (χ3v) is 6.26. The Morgan fingerprint density at radius 3 is 1.84 bits per heavy atom. The first-order valence-electron chi connectivity index (χ1n) is 14.7. The molecule has 0 aliphatic carbocycles. The Kier molecular flexibility index (Phi) is 12.9. The van der Waals surface area contributed by atoms with Crippen molar-refractivity contribution in [1.29, 1.82) is 0 Å². The van der Waals surface area contributed by atoms with Gasteiger partial charge in [0.05, 0.1) is 0 Å². The van der Waals surface area contributed by atoms with Crippen LogP contribution < -0.4 is 16.4 Å². The second-order valence-corrected chi connectivity index (χ2v) is 12.4. The minimum Gasteiger partial charge on any atom is -0.458 e. The quantitative estimate of drug-likeness (QED) is 0.291. The fourth-order valence-corrected chi connectivity index (χ4v) is 4.43.